The summed E-state index contributed by atoms with van der Waals surface area (Å²) in [6.45, 7) is 0. The van der Waals surface area contributed by atoms with Crippen LogP contribution < -0.4 is 9.47 Å². The minimum atomic E-state index is -0.292. The van der Waals surface area contributed by atoms with Crippen molar-refractivity contribution in [2.45, 2.75) is 0 Å². The highest BCUT2D eigenvalue weighted by Crippen LogP contribution is 2.32. The van der Waals surface area contributed by atoms with E-state index in [1.54, 1.807) is 26.4 Å². The van der Waals surface area contributed by atoms with E-state index in [0.29, 0.717) is 17.0 Å². The third-order valence-corrected chi connectivity index (χ3v) is 3.08. The number of aromatic nitrogens is 1. The average Bonchev–Trinajstić information content (AvgIpc) is 2.43. The van der Waals surface area contributed by atoms with Crippen LogP contribution in [0.5, 0.6) is 11.5 Å². The van der Waals surface area contributed by atoms with Gasteiger partial charge in [0.25, 0.3) is 0 Å². The molecule has 0 spiro atoms. The smallest absolute Gasteiger partial charge is 0.162 e. The lowest BCUT2D eigenvalue weighted by atomic mass is 10.1. The van der Waals surface area contributed by atoms with Crippen LogP contribution in [0.4, 0.5) is 4.39 Å². The van der Waals surface area contributed by atoms with Gasteiger partial charge in [-0.1, -0.05) is 0 Å². The molecule has 0 saturated carbocycles. The Morgan fingerprint density at radius 1 is 0.842 bits per heavy atom. The van der Waals surface area contributed by atoms with Gasteiger partial charge in [-0.15, -0.1) is 0 Å². The molecule has 96 valence electrons. The predicted molar refractivity (Wildman–Crippen MR) is 72.3 cm³/mol. The van der Waals surface area contributed by atoms with Crippen LogP contribution in [0.2, 0.25) is 0 Å². The molecule has 3 nitrogen and oxygen atoms in total. The van der Waals surface area contributed by atoms with E-state index >= 15 is 0 Å². The molecule has 3 rings (SSSR count). The molecule has 4 heteroatoms. The van der Waals surface area contributed by atoms with Crippen molar-refractivity contribution in [3.8, 4) is 11.5 Å². The molecule has 0 unspecified atom stereocenters. The van der Waals surface area contributed by atoms with Crippen molar-refractivity contribution in [2.75, 3.05) is 14.2 Å². The maximum absolute atomic E-state index is 13.2. The van der Waals surface area contributed by atoms with Gasteiger partial charge in [-0.2, -0.15) is 0 Å². The van der Waals surface area contributed by atoms with Gasteiger partial charge in [0, 0.05) is 22.9 Å². The number of hydrogen-bond donors (Lipinski definition) is 0. The first-order chi connectivity index (χ1) is 9.21. The fraction of sp³-hybridized carbons (Fsp3) is 0.133. The van der Waals surface area contributed by atoms with Gasteiger partial charge >= 0.3 is 0 Å². The Balaban J connectivity index is 2.34. The van der Waals surface area contributed by atoms with Gasteiger partial charge in [-0.25, -0.2) is 9.37 Å². The van der Waals surface area contributed by atoms with Crippen LogP contribution in [0.25, 0.3) is 21.8 Å². The van der Waals surface area contributed by atoms with E-state index in [1.165, 1.54) is 12.1 Å². The first-order valence-corrected chi connectivity index (χ1v) is 5.83. The second-order valence-electron chi connectivity index (χ2n) is 4.23. The highest BCUT2D eigenvalue weighted by molar-refractivity contribution is 5.94. The van der Waals surface area contributed by atoms with Gasteiger partial charge < -0.3 is 9.47 Å². The fourth-order valence-corrected chi connectivity index (χ4v) is 2.13. The predicted octanol–water partition coefficient (Wildman–Crippen LogP) is 3.54. The van der Waals surface area contributed by atoms with Crippen molar-refractivity contribution < 1.29 is 13.9 Å². The van der Waals surface area contributed by atoms with Gasteiger partial charge in [0.1, 0.15) is 5.82 Å². The number of halogens is 1. The standard InChI is InChI=1S/C15H12FNO2/c1-18-14-6-10-5-9-3-4-11(16)7-12(9)17-13(10)8-15(14)19-2/h3-8H,1-2H3. The van der Waals surface area contributed by atoms with Crippen molar-refractivity contribution in [2.24, 2.45) is 0 Å². The molecule has 0 amide bonds. The summed E-state index contributed by atoms with van der Waals surface area (Å²) in [5.41, 5.74) is 1.37. The largest absolute Gasteiger partial charge is 0.493 e. The number of hydrogen-bond acceptors (Lipinski definition) is 3. The molecule has 0 aliphatic heterocycles. The van der Waals surface area contributed by atoms with Crippen molar-refractivity contribution in [3.63, 3.8) is 0 Å². The van der Waals surface area contributed by atoms with E-state index in [4.69, 9.17) is 9.47 Å². The average molecular weight is 257 g/mol. The molecule has 1 aromatic heterocycles. The third-order valence-electron chi connectivity index (χ3n) is 3.08. The van der Waals surface area contributed by atoms with Gasteiger partial charge in [0.05, 0.1) is 25.3 Å². The monoisotopic (exact) mass is 257 g/mol. The number of methoxy groups -OCH3 is 2. The van der Waals surface area contributed by atoms with E-state index in [-0.39, 0.29) is 5.82 Å². The molecule has 0 aliphatic rings. The zero-order chi connectivity index (χ0) is 13.4. The van der Waals surface area contributed by atoms with E-state index in [0.717, 1.165) is 16.3 Å². The quantitative estimate of drug-likeness (QED) is 0.658. The Kier molecular flexibility index (Phi) is 2.71. The molecule has 0 saturated heterocycles. The summed E-state index contributed by atoms with van der Waals surface area (Å²) >= 11 is 0. The topological polar surface area (TPSA) is 31.4 Å². The highest BCUT2D eigenvalue weighted by Gasteiger charge is 2.08. The number of rotatable bonds is 2. The van der Waals surface area contributed by atoms with Crippen LogP contribution in [0.1, 0.15) is 0 Å². The fourth-order valence-electron chi connectivity index (χ4n) is 2.13. The molecular formula is C15H12FNO2. The number of pyridine rings is 1. The summed E-state index contributed by atoms with van der Waals surface area (Å²) in [5.74, 6) is 0.969. The summed E-state index contributed by atoms with van der Waals surface area (Å²) in [6, 6.07) is 10.2. The maximum atomic E-state index is 13.2. The van der Waals surface area contributed by atoms with Crippen LogP contribution in [-0.4, -0.2) is 19.2 Å². The summed E-state index contributed by atoms with van der Waals surface area (Å²) in [7, 11) is 3.16. The number of ether oxygens (including phenoxy) is 2. The lowest BCUT2D eigenvalue weighted by Crippen LogP contribution is -1.92. The van der Waals surface area contributed by atoms with Crippen LogP contribution in [0, 0.1) is 5.82 Å². The zero-order valence-electron chi connectivity index (χ0n) is 10.6. The van der Waals surface area contributed by atoms with E-state index < -0.39 is 0 Å². The molecule has 1 heterocycles. The molecule has 19 heavy (non-hydrogen) atoms. The summed E-state index contributed by atoms with van der Waals surface area (Å²) in [6.07, 6.45) is 0. The van der Waals surface area contributed by atoms with Crippen LogP contribution in [-0.2, 0) is 0 Å². The normalized spacial score (nSPS) is 10.9. The van der Waals surface area contributed by atoms with Gasteiger partial charge in [-0.3, -0.25) is 0 Å². The van der Waals surface area contributed by atoms with Crippen LogP contribution in [0.15, 0.2) is 36.4 Å². The molecule has 0 fully saturated rings. The summed E-state index contributed by atoms with van der Waals surface area (Å²) in [5, 5.41) is 1.82. The molecular weight excluding hydrogens is 245 g/mol. The van der Waals surface area contributed by atoms with E-state index in [2.05, 4.69) is 4.98 Å². The Bertz CT molecular complexity index is 771. The minimum Gasteiger partial charge on any atom is -0.493 e. The summed E-state index contributed by atoms with van der Waals surface area (Å²) in [4.78, 5) is 4.45. The first-order valence-electron chi connectivity index (χ1n) is 5.83. The Morgan fingerprint density at radius 2 is 1.53 bits per heavy atom. The number of benzene rings is 2. The third kappa shape index (κ3) is 1.95. The molecule has 2 aromatic carbocycles. The SMILES string of the molecule is COc1cc2cc3ccc(F)cc3nc2cc1OC. The molecule has 0 atom stereocenters. The van der Waals surface area contributed by atoms with Crippen LogP contribution in [0.3, 0.4) is 0 Å². The minimum absolute atomic E-state index is 0.292. The van der Waals surface area contributed by atoms with Crippen molar-refractivity contribution >= 4 is 21.8 Å². The molecule has 0 bridgehead atoms. The van der Waals surface area contributed by atoms with Gasteiger partial charge in [-0.05, 0) is 24.3 Å². The molecule has 0 aliphatic carbocycles. The van der Waals surface area contributed by atoms with Gasteiger partial charge in [0.15, 0.2) is 11.5 Å². The van der Waals surface area contributed by atoms with Crippen molar-refractivity contribution in [1.82, 2.24) is 4.98 Å². The summed E-state index contributed by atoms with van der Waals surface area (Å²) < 4.78 is 23.7. The highest BCUT2D eigenvalue weighted by atomic mass is 19.1. The Hall–Kier alpha value is -2.36. The lowest BCUT2D eigenvalue weighted by molar-refractivity contribution is 0.356. The lowest BCUT2D eigenvalue weighted by Gasteiger charge is -2.09. The molecule has 3 aromatic rings. The second kappa shape index (κ2) is 4.39. The zero-order valence-corrected chi connectivity index (χ0v) is 10.6. The Labute approximate surface area is 109 Å². The van der Waals surface area contributed by atoms with Crippen LogP contribution >= 0.6 is 0 Å². The van der Waals surface area contributed by atoms with E-state index in [9.17, 15) is 4.39 Å². The number of nitrogens with zero attached hydrogens (tertiary/aromatic N) is 1. The second-order valence-corrected chi connectivity index (χ2v) is 4.23. The van der Waals surface area contributed by atoms with Crippen molar-refractivity contribution in [1.29, 1.82) is 0 Å². The Morgan fingerprint density at radius 3 is 2.26 bits per heavy atom. The van der Waals surface area contributed by atoms with E-state index in [1.807, 2.05) is 12.1 Å². The van der Waals surface area contributed by atoms with Gasteiger partial charge in [0.2, 0.25) is 0 Å². The first kappa shape index (κ1) is 11.7. The van der Waals surface area contributed by atoms with Crippen molar-refractivity contribution in [3.05, 3.63) is 42.2 Å². The molecule has 0 radical (unpaired) electrons. The maximum Gasteiger partial charge on any atom is 0.162 e. The molecule has 0 N–H and O–H groups in total. The number of fused-ring (bicyclic) bond motifs is 2.